The van der Waals surface area contributed by atoms with Crippen molar-refractivity contribution < 1.29 is 19.4 Å². The molecular weight excluding hydrogens is 462 g/mol. The molecule has 35 heavy (non-hydrogen) atoms. The van der Waals surface area contributed by atoms with E-state index in [1.807, 2.05) is 68.6 Å². The fraction of sp³-hybridized carbons (Fsp3) is 0.222. The number of H-pyrrole nitrogens is 1. The van der Waals surface area contributed by atoms with Crippen molar-refractivity contribution in [2.75, 3.05) is 11.5 Å². The van der Waals surface area contributed by atoms with Gasteiger partial charge in [-0.2, -0.15) is 0 Å². The van der Waals surface area contributed by atoms with Gasteiger partial charge in [0, 0.05) is 10.4 Å². The molecule has 0 aliphatic carbocycles. The van der Waals surface area contributed by atoms with Crippen molar-refractivity contribution in [3.05, 3.63) is 81.6 Å². The maximum Gasteiger partial charge on any atom is 0.302 e. The van der Waals surface area contributed by atoms with E-state index >= 15 is 0 Å². The van der Waals surface area contributed by atoms with Crippen LogP contribution in [0.3, 0.4) is 0 Å². The van der Waals surface area contributed by atoms with Crippen molar-refractivity contribution in [1.29, 1.82) is 0 Å². The smallest absolute Gasteiger partial charge is 0.302 e. The average Bonchev–Trinajstić information content (AvgIpc) is 3.57. The third-order valence-corrected chi connectivity index (χ3v) is 6.99. The van der Waals surface area contributed by atoms with Crippen molar-refractivity contribution in [2.24, 2.45) is 0 Å². The zero-order valence-electron chi connectivity index (χ0n) is 19.6. The van der Waals surface area contributed by atoms with Crippen molar-refractivity contribution in [3.8, 4) is 5.75 Å². The van der Waals surface area contributed by atoms with E-state index in [9.17, 15) is 14.7 Å². The maximum atomic E-state index is 13.3. The van der Waals surface area contributed by atoms with Gasteiger partial charge in [-0.05, 0) is 60.2 Å². The topological polar surface area (TPSA) is 95.5 Å². The summed E-state index contributed by atoms with van der Waals surface area (Å²) in [6.07, 6.45) is 0. The van der Waals surface area contributed by atoms with Crippen LogP contribution in [0.4, 0.5) is 5.95 Å². The van der Waals surface area contributed by atoms with Gasteiger partial charge in [0.15, 0.2) is 0 Å². The Balaban J connectivity index is 1.68. The molecule has 0 radical (unpaired) electrons. The van der Waals surface area contributed by atoms with E-state index in [0.717, 1.165) is 21.7 Å². The number of para-hydroxylation sites is 2. The molecule has 1 fully saturated rings. The number of aliphatic hydroxyl groups excluding tert-OH is 1. The van der Waals surface area contributed by atoms with Crippen molar-refractivity contribution in [1.82, 2.24) is 9.97 Å². The van der Waals surface area contributed by atoms with Crippen molar-refractivity contribution >= 4 is 45.8 Å². The standard InChI is InChI=1S/C27H25N3O4S/c1-4-34-20-12-11-16(14-17(20)15(2)3)24(31)22-23(21-10-7-13-35-21)30(26(33)25(22)32)27-28-18-8-5-6-9-19(18)29-27/h5-15,23,31H,4H2,1-3H3,(H,28,29)/b24-22+. The molecule has 2 aromatic heterocycles. The fourth-order valence-electron chi connectivity index (χ4n) is 4.41. The molecule has 0 bridgehead atoms. The molecule has 8 heteroatoms. The van der Waals surface area contributed by atoms with Crippen LogP contribution in [0.2, 0.25) is 0 Å². The van der Waals surface area contributed by atoms with Crippen molar-refractivity contribution in [2.45, 2.75) is 32.7 Å². The summed E-state index contributed by atoms with van der Waals surface area (Å²) in [5.74, 6) is -0.571. The number of aromatic nitrogens is 2. The Bertz CT molecular complexity index is 1420. The van der Waals surface area contributed by atoms with Crippen LogP contribution in [0.15, 0.2) is 65.6 Å². The summed E-state index contributed by atoms with van der Waals surface area (Å²) in [5, 5.41) is 13.3. The number of ether oxygens (including phenoxy) is 1. The summed E-state index contributed by atoms with van der Waals surface area (Å²) in [6, 6.07) is 15.7. The summed E-state index contributed by atoms with van der Waals surface area (Å²) < 4.78 is 5.74. The number of aromatic amines is 1. The number of imidazole rings is 1. The molecule has 0 spiro atoms. The number of nitrogens with one attached hydrogen (secondary N) is 1. The lowest BCUT2D eigenvalue weighted by Crippen LogP contribution is -2.30. The van der Waals surface area contributed by atoms with Gasteiger partial charge in [0.05, 0.1) is 23.2 Å². The van der Waals surface area contributed by atoms with Crippen molar-refractivity contribution in [3.63, 3.8) is 0 Å². The number of carbonyl (C=O) groups is 2. The second-order valence-electron chi connectivity index (χ2n) is 8.60. The number of carbonyl (C=O) groups excluding carboxylic acids is 2. The molecule has 178 valence electrons. The quantitative estimate of drug-likeness (QED) is 0.204. The molecule has 0 saturated carbocycles. The monoisotopic (exact) mass is 487 g/mol. The SMILES string of the molecule is CCOc1ccc(/C(O)=C2\C(=O)C(=O)N(c3nc4ccccc4[nH]3)C2c2cccs2)cc1C(C)C. The molecule has 5 rings (SSSR count). The highest BCUT2D eigenvalue weighted by Crippen LogP contribution is 2.43. The molecule has 1 aliphatic heterocycles. The Morgan fingerprint density at radius 2 is 1.97 bits per heavy atom. The Morgan fingerprint density at radius 3 is 2.66 bits per heavy atom. The van der Waals surface area contributed by atoms with E-state index in [0.29, 0.717) is 17.7 Å². The van der Waals surface area contributed by atoms with Gasteiger partial charge in [-0.3, -0.25) is 14.5 Å². The lowest BCUT2D eigenvalue weighted by molar-refractivity contribution is -0.132. The number of fused-ring (bicyclic) bond motifs is 1. The molecule has 4 aromatic rings. The summed E-state index contributed by atoms with van der Waals surface area (Å²) in [6.45, 7) is 6.51. The summed E-state index contributed by atoms with van der Waals surface area (Å²) in [4.78, 5) is 36.5. The molecular formula is C27H25N3O4S. The molecule has 1 atom stereocenters. The van der Waals surface area contributed by atoms with E-state index in [1.165, 1.54) is 16.2 Å². The number of amides is 1. The number of aliphatic hydroxyl groups is 1. The zero-order chi connectivity index (χ0) is 24.7. The second kappa shape index (κ2) is 9.03. The van der Waals surface area contributed by atoms with Crippen LogP contribution in [0.1, 0.15) is 48.7 Å². The molecule has 3 heterocycles. The van der Waals surface area contributed by atoms with Gasteiger partial charge in [-0.25, -0.2) is 4.98 Å². The first-order valence-electron chi connectivity index (χ1n) is 11.5. The van der Waals surface area contributed by atoms with E-state index in [2.05, 4.69) is 9.97 Å². The number of Topliss-reactive ketones (excluding diaryl/α,β-unsaturated/α-hetero) is 1. The van der Waals surface area contributed by atoms with Gasteiger partial charge in [0.2, 0.25) is 5.95 Å². The number of anilines is 1. The van der Waals surface area contributed by atoms with Crippen LogP contribution in [-0.2, 0) is 9.59 Å². The van der Waals surface area contributed by atoms with Gasteiger partial charge in [-0.1, -0.05) is 32.0 Å². The molecule has 1 aliphatic rings. The van der Waals surface area contributed by atoms with Crippen LogP contribution in [0.25, 0.3) is 16.8 Å². The van der Waals surface area contributed by atoms with Gasteiger partial charge in [0.1, 0.15) is 17.6 Å². The van der Waals surface area contributed by atoms with E-state index in [1.54, 1.807) is 12.1 Å². The minimum absolute atomic E-state index is 0.0387. The summed E-state index contributed by atoms with van der Waals surface area (Å²) in [7, 11) is 0. The van der Waals surface area contributed by atoms with E-state index in [4.69, 9.17) is 4.74 Å². The van der Waals surface area contributed by atoms with Crippen LogP contribution in [0.5, 0.6) is 5.75 Å². The molecule has 7 nitrogen and oxygen atoms in total. The first kappa shape index (κ1) is 22.9. The number of hydrogen-bond acceptors (Lipinski definition) is 6. The van der Waals surface area contributed by atoms with Crippen LogP contribution >= 0.6 is 11.3 Å². The van der Waals surface area contributed by atoms with Gasteiger partial charge < -0.3 is 14.8 Å². The summed E-state index contributed by atoms with van der Waals surface area (Å²) >= 11 is 1.41. The normalized spacial score (nSPS) is 17.6. The number of benzene rings is 2. The average molecular weight is 488 g/mol. The largest absolute Gasteiger partial charge is 0.507 e. The third kappa shape index (κ3) is 3.89. The summed E-state index contributed by atoms with van der Waals surface area (Å²) in [5.41, 5.74) is 2.85. The number of ketones is 1. The Morgan fingerprint density at radius 1 is 1.17 bits per heavy atom. The molecule has 1 amide bonds. The molecule has 1 saturated heterocycles. The molecule has 1 unspecified atom stereocenters. The van der Waals surface area contributed by atoms with Crippen LogP contribution < -0.4 is 9.64 Å². The number of nitrogens with zero attached hydrogens (tertiary/aromatic N) is 2. The third-order valence-electron chi connectivity index (χ3n) is 6.07. The number of rotatable bonds is 6. The number of hydrogen-bond donors (Lipinski definition) is 2. The predicted octanol–water partition coefficient (Wildman–Crippen LogP) is 5.77. The van der Waals surface area contributed by atoms with E-state index in [-0.39, 0.29) is 23.2 Å². The highest BCUT2D eigenvalue weighted by atomic mass is 32.1. The van der Waals surface area contributed by atoms with Crippen LogP contribution in [0, 0.1) is 0 Å². The minimum Gasteiger partial charge on any atom is -0.507 e. The van der Waals surface area contributed by atoms with Gasteiger partial charge in [-0.15, -0.1) is 11.3 Å². The maximum absolute atomic E-state index is 13.3. The highest BCUT2D eigenvalue weighted by Gasteiger charge is 2.48. The predicted molar refractivity (Wildman–Crippen MR) is 137 cm³/mol. The fourth-order valence-corrected chi connectivity index (χ4v) is 5.23. The lowest BCUT2D eigenvalue weighted by atomic mass is 9.95. The Kier molecular flexibility index (Phi) is 5.90. The zero-order valence-corrected chi connectivity index (χ0v) is 20.4. The molecule has 2 N–H and O–H groups in total. The van der Waals surface area contributed by atoms with Crippen LogP contribution in [-0.4, -0.2) is 33.4 Å². The Hall–Kier alpha value is -3.91. The molecule has 2 aromatic carbocycles. The van der Waals surface area contributed by atoms with Gasteiger partial charge in [0.25, 0.3) is 5.78 Å². The Labute approximate surface area is 206 Å². The lowest BCUT2D eigenvalue weighted by Gasteiger charge is -2.21. The second-order valence-corrected chi connectivity index (χ2v) is 9.58. The van der Waals surface area contributed by atoms with Gasteiger partial charge >= 0.3 is 5.91 Å². The minimum atomic E-state index is -0.801. The first-order valence-corrected chi connectivity index (χ1v) is 12.3. The highest BCUT2D eigenvalue weighted by molar-refractivity contribution is 7.10. The van der Waals surface area contributed by atoms with E-state index < -0.39 is 17.7 Å². The number of thiophene rings is 1. The first-order chi connectivity index (χ1) is 16.9.